The van der Waals surface area contributed by atoms with Crippen molar-refractivity contribution in [3.05, 3.63) is 78.4 Å². The maximum absolute atomic E-state index is 13.5. The molecule has 3 aromatic carbocycles. The van der Waals surface area contributed by atoms with Crippen LogP contribution in [0.5, 0.6) is 11.5 Å². The molecule has 3 rings (SSSR count). The topological polar surface area (TPSA) is 21.3 Å². The van der Waals surface area contributed by atoms with Crippen molar-refractivity contribution in [1.82, 2.24) is 0 Å². The first kappa shape index (κ1) is 15.0. The number of rotatable bonds is 4. The molecule has 0 heterocycles. The lowest BCUT2D eigenvalue weighted by Gasteiger charge is -2.13. The van der Waals surface area contributed by atoms with Gasteiger partial charge < -0.3 is 10.1 Å². The molecule has 0 aliphatic heterocycles. The smallest absolute Gasteiger partial charge is 0.137 e. The second kappa shape index (κ2) is 6.48. The molecule has 4 heteroatoms. The first-order valence-electron chi connectivity index (χ1n) is 7.17. The van der Waals surface area contributed by atoms with Gasteiger partial charge in [-0.15, -0.1) is 0 Å². The number of benzene rings is 3. The van der Waals surface area contributed by atoms with E-state index in [-0.39, 0.29) is 11.6 Å². The molecule has 0 aromatic heterocycles. The SMILES string of the molecule is CNc1ccc(-c2cccc(F)c2)c(Oc2cccc(F)c2)c1. The third kappa shape index (κ3) is 3.48. The molecule has 0 atom stereocenters. The third-order valence-corrected chi connectivity index (χ3v) is 3.43. The quantitative estimate of drug-likeness (QED) is 0.690. The highest BCUT2D eigenvalue weighted by Crippen LogP contribution is 2.36. The molecule has 23 heavy (non-hydrogen) atoms. The predicted octanol–water partition coefficient (Wildman–Crippen LogP) is 5.47. The highest BCUT2D eigenvalue weighted by molar-refractivity contribution is 5.74. The van der Waals surface area contributed by atoms with Gasteiger partial charge in [-0.2, -0.15) is 0 Å². The molecule has 1 N–H and O–H groups in total. The summed E-state index contributed by atoms with van der Waals surface area (Å²) < 4.78 is 32.7. The molecule has 0 aliphatic carbocycles. The minimum absolute atomic E-state index is 0.322. The van der Waals surface area contributed by atoms with E-state index < -0.39 is 0 Å². The molecule has 0 bridgehead atoms. The molecule has 0 saturated carbocycles. The summed E-state index contributed by atoms with van der Waals surface area (Å²) in [5.41, 5.74) is 2.27. The van der Waals surface area contributed by atoms with Gasteiger partial charge in [-0.3, -0.25) is 0 Å². The lowest BCUT2D eigenvalue weighted by Crippen LogP contribution is -1.93. The Bertz CT molecular complexity index is 833. The Hall–Kier alpha value is -2.88. The van der Waals surface area contributed by atoms with Crippen molar-refractivity contribution in [2.24, 2.45) is 0 Å². The molecule has 0 fully saturated rings. The van der Waals surface area contributed by atoms with Crippen LogP contribution in [0.15, 0.2) is 66.7 Å². The molecule has 0 spiro atoms. The van der Waals surface area contributed by atoms with Gasteiger partial charge in [0.2, 0.25) is 0 Å². The lowest BCUT2D eigenvalue weighted by atomic mass is 10.0. The zero-order valence-electron chi connectivity index (χ0n) is 12.5. The largest absolute Gasteiger partial charge is 0.457 e. The van der Waals surface area contributed by atoms with Gasteiger partial charge in [-0.05, 0) is 42.0 Å². The Morgan fingerprint density at radius 2 is 1.57 bits per heavy atom. The van der Waals surface area contributed by atoms with Crippen molar-refractivity contribution in [1.29, 1.82) is 0 Å². The first-order valence-corrected chi connectivity index (χ1v) is 7.17. The summed E-state index contributed by atoms with van der Waals surface area (Å²) in [7, 11) is 1.79. The fraction of sp³-hybridized carbons (Fsp3) is 0.0526. The summed E-state index contributed by atoms with van der Waals surface area (Å²) in [6.45, 7) is 0. The molecular formula is C19H15F2NO. The minimum atomic E-state index is -0.375. The Balaban J connectivity index is 2.06. The molecular weight excluding hydrogens is 296 g/mol. The van der Waals surface area contributed by atoms with Crippen LogP contribution in [-0.2, 0) is 0 Å². The van der Waals surface area contributed by atoms with Crippen LogP contribution < -0.4 is 10.1 Å². The predicted molar refractivity (Wildman–Crippen MR) is 87.9 cm³/mol. The van der Waals surface area contributed by atoms with Gasteiger partial charge in [-0.1, -0.05) is 18.2 Å². The normalized spacial score (nSPS) is 10.4. The Morgan fingerprint density at radius 3 is 2.26 bits per heavy atom. The average molecular weight is 311 g/mol. The first-order chi connectivity index (χ1) is 11.2. The number of anilines is 1. The Kier molecular flexibility index (Phi) is 4.24. The van der Waals surface area contributed by atoms with Gasteiger partial charge in [0.25, 0.3) is 0 Å². The average Bonchev–Trinajstić information content (AvgIpc) is 2.55. The highest BCUT2D eigenvalue weighted by atomic mass is 19.1. The lowest BCUT2D eigenvalue weighted by molar-refractivity contribution is 0.478. The van der Waals surface area contributed by atoms with Crippen molar-refractivity contribution < 1.29 is 13.5 Å². The van der Waals surface area contributed by atoms with Crippen molar-refractivity contribution in [2.75, 3.05) is 12.4 Å². The number of nitrogens with one attached hydrogen (secondary N) is 1. The van der Waals surface area contributed by atoms with Gasteiger partial charge in [0.05, 0.1) is 0 Å². The van der Waals surface area contributed by atoms with Crippen LogP contribution in [0.25, 0.3) is 11.1 Å². The van der Waals surface area contributed by atoms with Crippen LogP contribution in [0.1, 0.15) is 0 Å². The van der Waals surface area contributed by atoms with E-state index >= 15 is 0 Å². The monoisotopic (exact) mass is 311 g/mol. The molecule has 3 aromatic rings. The number of hydrogen-bond donors (Lipinski definition) is 1. The van der Waals surface area contributed by atoms with Gasteiger partial charge >= 0.3 is 0 Å². The maximum Gasteiger partial charge on any atom is 0.137 e. The standard InChI is InChI=1S/C19H15F2NO/c1-22-16-8-9-18(13-4-2-5-14(20)10-13)19(12-16)23-17-7-3-6-15(21)11-17/h2-12,22H,1H3. The Morgan fingerprint density at radius 1 is 0.826 bits per heavy atom. The zero-order valence-corrected chi connectivity index (χ0v) is 12.5. The van der Waals surface area contributed by atoms with E-state index in [9.17, 15) is 8.78 Å². The summed E-state index contributed by atoms with van der Waals surface area (Å²) in [5, 5.41) is 3.03. The van der Waals surface area contributed by atoms with E-state index in [1.54, 1.807) is 37.4 Å². The fourth-order valence-electron chi connectivity index (χ4n) is 2.31. The van der Waals surface area contributed by atoms with E-state index in [2.05, 4.69) is 5.32 Å². The summed E-state index contributed by atoms with van der Waals surface area (Å²) in [6.07, 6.45) is 0. The minimum Gasteiger partial charge on any atom is -0.457 e. The van der Waals surface area contributed by atoms with Crippen LogP contribution in [0.4, 0.5) is 14.5 Å². The summed E-state index contributed by atoms with van der Waals surface area (Å²) in [5.74, 6) is 0.209. The zero-order chi connectivity index (χ0) is 16.2. The number of halogens is 2. The van der Waals surface area contributed by atoms with Crippen LogP contribution in [0.2, 0.25) is 0 Å². The second-order valence-electron chi connectivity index (χ2n) is 5.03. The van der Waals surface area contributed by atoms with Gasteiger partial charge in [0.15, 0.2) is 0 Å². The van der Waals surface area contributed by atoms with Gasteiger partial charge in [0.1, 0.15) is 23.1 Å². The van der Waals surface area contributed by atoms with Crippen molar-refractivity contribution >= 4 is 5.69 Å². The van der Waals surface area contributed by atoms with E-state index in [0.29, 0.717) is 17.1 Å². The second-order valence-corrected chi connectivity index (χ2v) is 5.03. The van der Waals surface area contributed by atoms with Crippen molar-refractivity contribution in [3.8, 4) is 22.6 Å². The van der Waals surface area contributed by atoms with E-state index in [0.717, 1.165) is 11.3 Å². The molecule has 0 radical (unpaired) electrons. The molecule has 2 nitrogen and oxygen atoms in total. The van der Waals surface area contributed by atoms with Crippen LogP contribution in [-0.4, -0.2) is 7.05 Å². The van der Waals surface area contributed by atoms with E-state index in [1.165, 1.54) is 24.3 Å². The Labute approximate surface area is 133 Å². The molecule has 0 unspecified atom stereocenters. The number of hydrogen-bond acceptors (Lipinski definition) is 2. The van der Waals surface area contributed by atoms with Gasteiger partial charge in [0, 0.05) is 30.4 Å². The van der Waals surface area contributed by atoms with Crippen LogP contribution >= 0.6 is 0 Å². The summed E-state index contributed by atoms with van der Waals surface area (Å²) >= 11 is 0. The summed E-state index contributed by atoms with van der Waals surface area (Å²) in [6, 6.07) is 17.7. The van der Waals surface area contributed by atoms with Crippen molar-refractivity contribution in [3.63, 3.8) is 0 Å². The van der Waals surface area contributed by atoms with Crippen LogP contribution in [0.3, 0.4) is 0 Å². The fourth-order valence-corrected chi connectivity index (χ4v) is 2.31. The highest BCUT2D eigenvalue weighted by Gasteiger charge is 2.10. The third-order valence-electron chi connectivity index (χ3n) is 3.43. The van der Waals surface area contributed by atoms with Gasteiger partial charge in [-0.25, -0.2) is 8.78 Å². The van der Waals surface area contributed by atoms with Crippen molar-refractivity contribution in [2.45, 2.75) is 0 Å². The molecule has 116 valence electrons. The molecule has 0 amide bonds. The number of ether oxygens (including phenoxy) is 1. The summed E-state index contributed by atoms with van der Waals surface area (Å²) in [4.78, 5) is 0. The van der Waals surface area contributed by atoms with E-state index in [4.69, 9.17) is 4.74 Å². The maximum atomic E-state index is 13.5. The van der Waals surface area contributed by atoms with Crippen LogP contribution in [0, 0.1) is 11.6 Å². The molecule has 0 aliphatic rings. The molecule has 0 saturated heterocycles. The van der Waals surface area contributed by atoms with E-state index in [1.807, 2.05) is 12.1 Å².